The van der Waals surface area contributed by atoms with Crippen molar-refractivity contribution in [1.82, 2.24) is 24.5 Å². The van der Waals surface area contributed by atoms with Crippen molar-refractivity contribution in [2.75, 3.05) is 0 Å². The number of nitrogens with one attached hydrogen (secondary N) is 1. The number of hydrogen-bond donors (Lipinski definition) is 1. The molecule has 0 saturated carbocycles. The van der Waals surface area contributed by atoms with Crippen molar-refractivity contribution in [3.05, 3.63) is 47.0 Å². The molecule has 0 fully saturated rings. The molecule has 0 unspecified atom stereocenters. The highest BCUT2D eigenvalue weighted by Crippen LogP contribution is 2.22. The molecule has 6 heteroatoms. The summed E-state index contributed by atoms with van der Waals surface area (Å²) in [5.74, 6) is 0.796. The number of aromatic amines is 1. The van der Waals surface area contributed by atoms with Gasteiger partial charge >= 0.3 is 0 Å². The van der Waals surface area contributed by atoms with Gasteiger partial charge in [-0.05, 0) is 31.3 Å². The summed E-state index contributed by atoms with van der Waals surface area (Å²) in [7, 11) is 1.89. The summed E-state index contributed by atoms with van der Waals surface area (Å²) in [4.78, 5) is 0. The van der Waals surface area contributed by atoms with Gasteiger partial charge in [-0.1, -0.05) is 18.2 Å². The van der Waals surface area contributed by atoms with E-state index in [0.29, 0.717) is 4.77 Å². The largest absolute Gasteiger partial charge is 0.303 e. The van der Waals surface area contributed by atoms with Crippen molar-refractivity contribution in [3.8, 4) is 17.1 Å². The van der Waals surface area contributed by atoms with Crippen LogP contribution in [-0.2, 0) is 7.05 Å². The molecule has 2 aromatic heterocycles. The van der Waals surface area contributed by atoms with E-state index < -0.39 is 0 Å². The molecule has 3 rings (SSSR count). The maximum absolute atomic E-state index is 5.14. The van der Waals surface area contributed by atoms with Crippen LogP contribution in [0.5, 0.6) is 0 Å². The lowest BCUT2D eigenvalue weighted by Crippen LogP contribution is -1.99. The van der Waals surface area contributed by atoms with Gasteiger partial charge in [0.15, 0.2) is 10.6 Å². The Morgan fingerprint density at radius 1 is 1.21 bits per heavy atom. The zero-order chi connectivity index (χ0) is 13.4. The van der Waals surface area contributed by atoms with Crippen LogP contribution in [0.3, 0.4) is 0 Å². The van der Waals surface area contributed by atoms with Gasteiger partial charge in [0.2, 0.25) is 0 Å². The van der Waals surface area contributed by atoms with Crippen molar-refractivity contribution in [3.63, 3.8) is 0 Å². The third-order valence-electron chi connectivity index (χ3n) is 3.13. The van der Waals surface area contributed by atoms with Crippen LogP contribution in [0.25, 0.3) is 17.1 Å². The number of benzene rings is 1. The summed E-state index contributed by atoms with van der Waals surface area (Å²) >= 11 is 5.14. The fourth-order valence-corrected chi connectivity index (χ4v) is 2.18. The van der Waals surface area contributed by atoms with Crippen molar-refractivity contribution in [2.24, 2.45) is 7.05 Å². The number of nitrogens with zero attached hydrogens (tertiary/aromatic N) is 4. The molecule has 1 N–H and O–H groups in total. The van der Waals surface area contributed by atoms with Gasteiger partial charge in [-0.25, -0.2) is 4.68 Å². The van der Waals surface area contributed by atoms with E-state index in [4.69, 9.17) is 12.2 Å². The second kappa shape index (κ2) is 4.47. The predicted octanol–water partition coefficient (Wildman–Crippen LogP) is 2.64. The average molecular weight is 271 g/mol. The Morgan fingerprint density at radius 2 is 1.95 bits per heavy atom. The summed E-state index contributed by atoms with van der Waals surface area (Å²) in [5, 5.41) is 11.5. The van der Waals surface area contributed by atoms with Gasteiger partial charge in [-0.2, -0.15) is 10.2 Å². The highest BCUT2D eigenvalue weighted by atomic mass is 32.1. The van der Waals surface area contributed by atoms with Gasteiger partial charge in [0.1, 0.15) is 0 Å². The van der Waals surface area contributed by atoms with Gasteiger partial charge in [0, 0.05) is 7.05 Å². The lowest BCUT2D eigenvalue weighted by Gasteiger charge is -2.04. The molecule has 0 aliphatic carbocycles. The summed E-state index contributed by atoms with van der Waals surface area (Å²) in [6.07, 6.45) is 1.81. The second-order valence-corrected chi connectivity index (χ2v) is 4.69. The van der Waals surface area contributed by atoms with E-state index in [2.05, 4.69) is 15.3 Å². The molecule has 0 aliphatic heterocycles. The Balaban J connectivity index is 2.14. The van der Waals surface area contributed by atoms with Crippen molar-refractivity contribution in [2.45, 2.75) is 6.92 Å². The van der Waals surface area contributed by atoms with E-state index in [-0.39, 0.29) is 0 Å². The Kier molecular flexibility index (Phi) is 2.79. The topological polar surface area (TPSA) is 51.4 Å². The van der Waals surface area contributed by atoms with Crippen LogP contribution in [0.1, 0.15) is 5.69 Å². The van der Waals surface area contributed by atoms with Gasteiger partial charge < -0.3 is 4.57 Å². The third kappa shape index (κ3) is 1.90. The molecule has 0 aliphatic rings. The monoisotopic (exact) mass is 271 g/mol. The second-order valence-electron chi connectivity index (χ2n) is 4.30. The van der Waals surface area contributed by atoms with Crippen LogP contribution in [0, 0.1) is 11.7 Å². The number of rotatable bonds is 2. The molecular formula is C13H13N5S. The zero-order valence-corrected chi connectivity index (χ0v) is 11.5. The first kappa shape index (κ1) is 11.9. The van der Waals surface area contributed by atoms with Crippen LogP contribution < -0.4 is 0 Å². The van der Waals surface area contributed by atoms with Crippen molar-refractivity contribution in [1.29, 1.82) is 0 Å². The first-order valence-corrected chi connectivity index (χ1v) is 6.31. The molecule has 1 aromatic carbocycles. The summed E-state index contributed by atoms with van der Waals surface area (Å²) in [6.45, 7) is 2.02. The highest BCUT2D eigenvalue weighted by molar-refractivity contribution is 7.71. The Bertz CT molecular complexity index is 766. The smallest absolute Gasteiger partial charge is 0.195 e. The van der Waals surface area contributed by atoms with Crippen LogP contribution >= 0.6 is 12.2 Å². The molecule has 0 saturated heterocycles. The number of aromatic nitrogens is 5. The molecule has 5 nitrogen and oxygen atoms in total. The molecule has 19 heavy (non-hydrogen) atoms. The molecule has 0 bridgehead atoms. The van der Waals surface area contributed by atoms with Gasteiger partial charge in [-0.15, -0.1) is 0 Å². The maximum Gasteiger partial charge on any atom is 0.195 e. The van der Waals surface area contributed by atoms with E-state index in [9.17, 15) is 0 Å². The van der Waals surface area contributed by atoms with E-state index in [1.165, 1.54) is 0 Å². The van der Waals surface area contributed by atoms with Crippen molar-refractivity contribution < 1.29 is 0 Å². The van der Waals surface area contributed by atoms with Crippen LogP contribution in [-0.4, -0.2) is 24.5 Å². The number of para-hydroxylation sites is 1. The lowest BCUT2D eigenvalue weighted by molar-refractivity contribution is 0.846. The molecular weight excluding hydrogens is 258 g/mol. The fraction of sp³-hybridized carbons (Fsp3) is 0.154. The molecule has 0 amide bonds. The number of hydrogen-bond acceptors (Lipinski definition) is 3. The Hall–Kier alpha value is -2.21. The first-order valence-electron chi connectivity index (χ1n) is 5.90. The molecule has 3 aromatic rings. The average Bonchev–Trinajstić information content (AvgIpc) is 2.96. The van der Waals surface area contributed by atoms with Crippen LogP contribution in [0.15, 0.2) is 36.5 Å². The Morgan fingerprint density at radius 3 is 2.58 bits per heavy atom. The summed E-state index contributed by atoms with van der Waals surface area (Å²) < 4.78 is 4.34. The normalized spacial score (nSPS) is 10.8. The van der Waals surface area contributed by atoms with E-state index in [1.54, 1.807) is 0 Å². The van der Waals surface area contributed by atoms with Gasteiger partial charge in [0.25, 0.3) is 0 Å². The summed E-state index contributed by atoms with van der Waals surface area (Å²) in [5.41, 5.74) is 3.03. The maximum atomic E-state index is 5.14. The van der Waals surface area contributed by atoms with E-state index in [0.717, 1.165) is 22.8 Å². The quantitative estimate of drug-likeness (QED) is 0.729. The molecule has 96 valence electrons. The minimum Gasteiger partial charge on any atom is -0.303 e. The number of H-pyrrole nitrogens is 1. The minimum atomic E-state index is 0.599. The standard InChI is InChI=1S/C13H13N5S/c1-9-11(12-15-16-13(19)17(12)2)8-14-18(9)10-6-4-3-5-7-10/h3-8H,1-2H3,(H,16,19). The van der Waals surface area contributed by atoms with E-state index in [1.807, 2.05) is 59.7 Å². The van der Waals surface area contributed by atoms with Crippen molar-refractivity contribution >= 4 is 12.2 Å². The van der Waals surface area contributed by atoms with Crippen LogP contribution in [0.4, 0.5) is 0 Å². The minimum absolute atomic E-state index is 0.599. The Labute approximate surface area is 115 Å². The molecule has 2 heterocycles. The first-order chi connectivity index (χ1) is 9.18. The zero-order valence-electron chi connectivity index (χ0n) is 10.7. The van der Waals surface area contributed by atoms with Gasteiger partial charge in [0.05, 0.1) is 23.1 Å². The molecule has 0 atom stereocenters. The summed E-state index contributed by atoms with van der Waals surface area (Å²) in [6, 6.07) is 10.0. The third-order valence-corrected chi connectivity index (χ3v) is 3.50. The van der Waals surface area contributed by atoms with Crippen LogP contribution in [0.2, 0.25) is 0 Å². The SMILES string of the molecule is Cc1c(-c2n[nH]c(=S)n2C)cnn1-c1ccccc1. The predicted molar refractivity (Wildman–Crippen MR) is 75.7 cm³/mol. The molecule has 0 radical (unpaired) electrons. The highest BCUT2D eigenvalue weighted by Gasteiger charge is 2.14. The lowest BCUT2D eigenvalue weighted by atomic mass is 10.2. The molecule has 0 spiro atoms. The fourth-order valence-electron chi connectivity index (χ4n) is 2.05. The van der Waals surface area contributed by atoms with E-state index >= 15 is 0 Å². The van der Waals surface area contributed by atoms with Gasteiger partial charge in [-0.3, -0.25) is 5.10 Å².